The van der Waals surface area contributed by atoms with E-state index in [2.05, 4.69) is 10.3 Å². The van der Waals surface area contributed by atoms with Gasteiger partial charge < -0.3 is 25.4 Å². The van der Waals surface area contributed by atoms with Crippen molar-refractivity contribution in [3.8, 4) is 22.9 Å². The highest BCUT2D eigenvalue weighted by Crippen LogP contribution is 2.28. The number of nitrogens with zero attached hydrogens (tertiary/aromatic N) is 2. The quantitative estimate of drug-likeness (QED) is 0.408. The summed E-state index contributed by atoms with van der Waals surface area (Å²) in [5.74, 6) is 0.137. The van der Waals surface area contributed by atoms with Gasteiger partial charge in [-0.2, -0.15) is 4.73 Å². The number of rotatable bonds is 6. The predicted molar refractivity (Wildman–Crippen MR) is 111 cm³/mol. The summed E-state index contributed by atoms with van der Waals surface area (Å²) in [6.45, 7) is 1.79. The van der Waals surface area contributed by atoms with Crippen molar-refractivity contribution in [2.24, 2.45) is 5.73 Å². The highest BCUT2D eigenvalue weighted by Gasteiger charge is 2.14. The Labute approximate surface area is 176 Å². The van der Waals surface area contributed by atoms with Gasteiger partial charge in [0.25, 0.3) is 5.91 Å². The molecule has 0 aliphatic rings. The van der Waals surface area contributed by atoms with Crippen molar-refractivity contribution >= 4 is 17.5 Å². The lowest BCUT2D eigenvalue weighted by molar-refractivity contribution is 0.0989. The lowest BCUT2D eigenvalue weighted by Gasteiger charge is -2.09. The molecule has 31 heavy (non-hydrogen) atoms. The second-order valence-electron chi connectivity index (χ2n) is 6.72. The van der Waals surface area contributed by atoms with E-state index in [0.717, 1.165) is 10.3 Å². The second kappa shape index (κ2) is 8.07. The molecule has 0 atom stereocenters. The number of anilines is 1. The van der Waals surface area contributed by atoms with E-state index in [4.69, 9.17) is 14.9 Å². The van der Waals surface area contributed by atoms with Crippen LogP contribution in [0.4, 0.5) is 5.69 Å². The Morgan fingerprint density at radius 1 is 1.16 bits per heavy atom. The zero-order valence-corrected chi connectivity index (χ0v) is 16.4. The average Bonchev–Trinajstić information content (AvgIpc) is 3.34. The molecule has 0 saturated carbocycles. The van der Waals surface area contributed by atoms with Crippen LogP contribution in [-0.4, -0.2) is 26.7 Å². The summed E-state index contributed by atoms with van der Waals surface area (Å²) < 4.78 is 11.9. The van der Waals surface area contributed by atoms with E-state index in [-0.39, 0.29) is 22.9 Å². The standard InChI is InChI=1S/C22H18N4O5/c1-13-6-8-30-20(13)22(28)25-15-3-2-4-16(10-15)31-17-5-7-24-18(11-17)19-9-14(21(23)27)12-26(19)29/h2-12,29H,1H3,(H2,23,27)(H,25,28). The number of aryl methyl sites for hydroxylation is 1. The first-order valence-electron chi connectivity index (χ1n) is 9.22. The number of nitrogens with one attached hydrogen (secondary N) is 1. The van der Waals surface area contributed by atoms with Gasteiger partial charge in [-0.1, -0.05) is 6.07 Å². The van der Waals surface area contributed by atoms with Crippen LogP contribution in [-0.2, 0) is 0 Å². The molecule has 4 aromatic rings. The predicted octanol–water partition coefficient (Wildman–Crippen LogP) is 3.83. The first-order valence-corrected chi connectivity index (χ1v) is 9.22. The fourth-order valence-electron chi connectivity index (χ4n) is 2.96. The normalized spacial score (nSPS) is 10.6. The molecule has 0 bridgehead atoms. The Morgan fingerprint density at radius 3 is 2.68 bits per heavy atom. The minimum Gasteiger partial charge on any atom is -0.459 e. The lowest BCUT2D eigenvalue weighted by Crippen LogP contribution is -2.12. The summed E-state index contributed by atoms with van der Waals surface area (Å²) in [5, 5.41) is 12.8. The van der Waals surface area contributed by atoms with Gasteiger partial charge in [-0.3, -0.25) is 14.6 Å². The molecule has 3 heterocycles. The van der Waals surface area contributed by atoms with Crippen molar-refractivity contribution in [1.29, 1.82) is 0 Å². The van der Waals surface area contributed by atoms with E-state index in [1.807, 2.05) is 0 Å². The number of benzene rings is 1. The molecule has 3 aromatic heterocycles. The van der Waals surface area contributed by atoms with E-state index in [1.54, 1.807) is 49.4 Å². The van der Waals surface area contributed by atoms with Crippen molar-refractivity contribution in [3.05, 3.63) is 84.1 Å². The van der Waals surface area contributed by atoms with Crippen LogP contribution in [0.15, 0.2) is 71.6 Å². The minimum absolute atomic E-state index is 0.154. The van der Waals surface area contributed by atoms with E-state index in [0.29, 0.717) is 22.9 Å². The molecule has 2 amide bonds. The molecule has 9 heteroatoms. The van der Waals surface area contributed by atoms with Crippen molar-refractivity contribution in [2.75, 3.05) is 5.32 Å². The van der Waals surface area contributed by atoms with Crippen LogP contribution in [0.3, 0.4) is 0 Å². The number of carbonyl (C=O) groups is 2. The van der Waals surface area contributed by atoms with E-state index in [1.165, 1.54) is 24.7 Å². The molecule has 1 aromatic carbocycles. The molecule has 4 N–H and O–H groups in total. The Morgan fingerprint density at radius 2 is 1.97 bits per heavy atom. The SMILES string of the molecule is Cc1ccoc1C(=O)Nc1cccc(Oc2ccnc(-c3cc(C(N)=O)cn3O)c2)c1. The Kier molecular flexibility index (Phi) is 5.15. The second-order valence-corrected chi connectivity index (χ2v) is 6.72. The first kappa shape index (κ1) is 19.8. The summed E-state index contributed by atoms with van der Waals surface area (Å²) in [4.78, 5) is 27.9. The number of pyridine rings is 1. The largest absolute Gasteiger partial charge is 0.459 e. The summed E-state index contributed by atoms with van der Waals surface area (Å²) in [6, 6.07) is 13.2. The zero-order chi connectivity index (χ0) is 22.0. The average molecular weight is 418 g/mol. The van der Waals surface area contributed by atoms with Crippen LogP contribution in [0.1, 0.15) is 26.5 Å². The van der Waals surface area contributed by atoms with Gasteiger partial charge in [0.1, 0.15) is 17.2 Å². The van der Waals surface area contributed by atoms with Crippen molar-refractivity contribution < 1.29 is 24.0 Å². The maximum Gasteiger partial charge on any atom is 0.291 e. The molecule has 9 nitrogen and oxygen atoms in total. The monoisotopic (exact) mass is 418 g/mol. The minimum atomic E-state index is -0.662. The summed E-state index contributed by atoms with van der Waals surface area (Å²) in [6.07, 6.45) is 4.17. The third kappa shape index (κ3) is 4.25. The molecule has 0 radical (unpaired) electrons. The Balaban J connectivity index is 1.53. The topological polar surface area (TPSA) is 133 Å². The summed E-state index contributed by atoms with van der Waals surface area (Å²) in [7, 11) is 0. The molecule has 0 aliphatic carbocycles. The molecule has 0 unspecified atom stereocenters. The maximum absolute atomic E-state index is 12.3. The van der Waals surface area contributed by atoms with Crippen molar-refractivity contribution in [3.63, 3.8) is 0 Å². The van der Waals surface area contributed by atoms with Gasteiger partial charge in [0.05, 0.1) is 23.7 Å². The number of ether oxygens (including phenoxy) is 1. The molecule has 0 saturated heterocycles. The molecular weight excluding hydrogens is 400 g/mol. The molecular formula is C22H18N4O5. The van der Waals surface area contributed by atoms with Gasteiger partial charge in [0, 0.05) is 29.6 Å². The van der Waals surface area contributed by atoms with Crippen LogP contribution in [0.5, 0.6) is 11.5 Å². The molecule has 0 fully saturated rings. The molecule has 156 valence electrons. The number of primary amides is 1. The van der Waals surface area contributed by atoms with E-state index >= 15 is 0 Å². The summed E-state index contributed by atoms with van der Waals surface area (Å²) >= 11 is 0. The number of hydrogen-bond donors (Lipinski definition) is 3. The van der Waals surface area contributed by atoms with Gasteiger partial charge in [0.2, 0.25) is 5.91 Å². The fourth-order valence-corrected chi connectivity index (χ4v) is 2.96. The number of hydrogen-bond acceptors (Lipinski definition) is 6. The number of nitrogens with two attached hydrogens (primary N) is 1. The molecule has 4 rings (SSSR count). The van der Waals surface area contributed by atoms with Gasteiger partial charge >= 0.3 is 0 Å². The Hall–Kier alpha value is -4.53. The van der Waals surface area contributed by atoms with Crippen LogP contribution in [0.25, 0.3) is 11.4 Å². The van der Waals surface area contributed by atoms with Gasteiger partial charge in [-0.05, 0) is 37.3 Å². The Bertz CT molecular complexity index is 1270. The van der Waals surface area contributed by atoms with Crippen LogP contribution >= 0.6 is 0 Å². The number of furan rings is 1. The van der Waals surface area contributed by atoms with Crippen LogP contribution < -0.4 is 15.8 Å². The highest BCUT2D eigenvalue weighted by atomic mass is 16.5. The van der Waals surface area contributed by atoms with Gasteiger partial charge in [-0.15, -0.1) is 0 Å². The maximum atomic E-state index is 12.3. The van der Waals surface area contributed by atoms with E-state index in [9.17, 15) is 14.8 Å². The zero-order valence-electron chi connectivity index (χ0n) is 16.4. The number of amides is 2. The highest BCUT2D eigenvalue weighted by molar-refractivity contribution is 6.03. The number of aromatic nitrogens is 2. The lowest BCUT2D eigenvalue weighted by atomic mass is 10.2. The van der Waals surface area contributed by atoms with Crippen LogP contribution in [0.2, 0.25) is 0 Å². The van der Waals surface area contributed by atoms with Gasteiger partial charge in [0.15, 0.2) is 5.76 Å². The first-order chi connectivity index (χ1) is 14.9. The van der Waals surface area contributed by atoms with Crippen molar-refractivity contribution in [2.45, 2.75) is 6.92 Å². The fraction of sp³-hybridized carbons (Fsp3) is 0.0455. The third-order valence-corrected chi connectivity index (χ3v) is 4.47. The van der Waals surface area contributed by atoms with E-state index < -0.39 is 5.91 Å². The molecule has 0 spiro atoms. The summed E-state index contributed by atoms with van der Waals surface area (Å²) in [5.41, 5.74) is 7.34. The number of carbonyl (C=O) groups excluding carboxylic acids is 2. The van der Waals surface area contributed by atoms with Crippen molar-refractivity contribution in [1.82, 2.24) is 9.71 Å². The van der Waals surface area contributed by atoms with Gasteiger partial charge in [-0.25, -0.2) is 0 Å². The van der Waals surface area contributed by atoms with Crippen LogP contribution in [0, 0.1) is 6.92 Å². The third-order valence-electron chi connectivity index (χ3n) is 4.47. The molecule has 0 aliphatic heterocycles. The smallest absolute Gasteiger partial charge is 0.291 e.